The van der Waals surface area contributed by atoms with Crippen molar-refractivity contribution in [2.75, 3.05) is 13.7 Å². The maximum absolute atomic E-state index is 11.7. The SMILES string of the molecule is C=C(C(=O)OCC)[C@H](O)[C@H]1O[C@H](OC)[C@H]2OC(C)(C)O[C@H]21. The van der Waals surface area contributed by atoms with Gasteiger partial charge in [-0.05, 0) is 20.8 Å². The molecular weight excluding hydrogens is 280 g/mol. The molecule has 0 spiro atoms. The number of carbonyl (C=O) groups excluding carboxylic acids is 1. The van der Waals surface area contributed by atoms with E-state index in [1.54, 1.807) is 20.8 Å². The quantitative estimate of drug-likeness (QED) is 0.580. The van der Waals surface area contributed by atoms with Crippen LogP contribution in [-0.2, 0) is 28.5 Å². The molecule has 0 aliphatic carbocycles. The Hall–Kier alpha value is -0.990. The Morgan fingerprint density at radius 3 is 2.57 bits per heavy atom. The van der Waals surface area contributed by atoms with Gasteiger partial charge in [0.05, 0.1) is 12.2 Å². The third-order valence-electron chi connectivity index (χ3n) is 3.49. The first kappa shape index (κ1) is 16.4. The van der Waals surface area contributed by atoms with Gasteiger partial charge in [-0.2, -0.15) is 0 Å². The summed E-state index contributed by atoms with van der Waals surface area (Å²) in [6.07, 6.45) is -3.76. The van der Waals surface area contributed by atoms with E-state index in [0.717, 1.165) is 0 Å². The summed E-state index contributed by atoms with van der Waals surface area (Å²) in [7, 11) is 1.48. The number of aliphatic hydroxyl groups is 1. The van der Waals surface area contributed by atoms with Gasteiger partial charge < -0.3 is 28.8 Å². The summed E-state index contributed by atoms with van der Waals surface area (Å²) in [6, 6.07) is 0. The van der Waals surface area contributed by atoms with Crippen molar-refractivity contribution >= 4 is 5.97 Å². The molecule has 0 radical (unpaired) electrons. The standard InChI is InChI=1S/C14H22O7/c1-6-18-12(16)7(2)8(15)9-10-11(13(17-5)19-9)21-14(3,4)20-10/h8-11,13,15H,2,6H2,1,3-5H3/t8-,9+,10-,11-,13-/m0/s1. The van der Waals surface area contributed by atoms with Gasteiger partial charge in [-0.3, -0.25) is 0 Å². The molecule has 2 aliphatic rings. The minimum Gasteiger partial charge on any atom is -0.463 e. The minimum atomic E-state index is -1.26. The summed E-state index contributed by atoms with van der Waals surface area (Å²) in [5, 5.41) is 10.3. The first-order valence-corrected chi connectivity index (χ1v) is 6.88. The number of fused-ring (bicyclic) bond motifs is 1. The molecule has 0 bridgehead atoms. The second-order valence-electron chi connectivity index (χ2n) is 5.46. The minimum absolute atomic E-state index is 0.0781. The molecule has 2 rings (SSSR count). The van der Waals surface area contributed by atoms with Crippen LogP contribution in [0.4, 0.5) is 0 Å². The van der Waals surface area contributed by atoms with Crippen LogP contribution in [0.5, 0.6) is 0 Å². The highest BCUT2D eigenvalue weighted by Crippen LogP contribution is 2.40. The Kier molecular flexibility index (Phi) is 4.69. The molecule has 0 saturated carbocycles. The third-order valence-corrected chi connectivity index (χ3v) is 3.49. The number of carbonyl (C=O) groups is 1. The average molecular weight is 302 g/mol. The van der Waals surface area contributed by atoms with E-state index >= 15 is 0 Å². The number of methoxy groups -OCH3 is 1. The van der Waals surface area contributed by atoms with Crippen molar-refractivity contribution in [3.8, 4) is 0 Å². The molecule has 1 N–H and O–H groups in total. The molecule has 2 saturated heterocycles. The number of hydrogen-bond donors (Lipinski definition) is 1. The molecule has 7 heteroatoms. The summed E-state index contributed by atoms with van der Waals surface area (Å²) in [5.41, 5.74) is -0.0781. The molecule has 0 amide bonds. The van der Waals surface area contributed by atoms with Gasteiger partial charge in [-0.1, -0.05) is 6.58 Å². The van der Waals surface area contributed by atoms with Crippen molar-refractivity contribution in [1.82, 2.24) is 0 Å². The highest BCUT2D eigenvalue weighted by molar-refractivity contribution is 5.88. The van der Waals surface area contributed by atoms with Crippen molar-refractivity contribution in [2.45, 2.75) is 57.3 Å². The van der Waals surface area contributed by atoms with E-state index in [2.05, 4.69) is 6.58 Å². The fourth-order valence-electron chi connectivity index (χ4n) is 2.58. The fourth-order valence-corrected chi connectivity index (χ4v) is 2.58. The van der Waals surface area contributed by atoms with Gasteiger partial charge in [0, 0.05) is 7.11 Å². The Morgan fingerprint density at radius 1 is 1.38 bits per heavy atom. The number of ether oxygens (including phenoxy) is 5. The lowest BCUT2D eigenvalue weighted by Crippen LogP contribution is -2.41. The zero-order valence-corrected chi connectivity index (χ0v) is 12.7. The average Bonchev–Trinajstić information content (AvgIpc) is 2.90. The molecule has 2 fully saturated rings. The number of rotatable bonds is 5. The zero-order chi connectivity index (χ0) is 15.8. The second kappa shape index (κ2) is 6.02. The summed E-state index contributed by atoms with van der Waals surface area (Å²) in [5.74, 6) is -1.47. The van der Waals surface area contributed by atoms with Crippen LogP contribution in [-0.4, -0.2) is 61.3 Å². The van der Waals surface area contributed by atoms with Crippen LogP contribution in [0, 0.1) is 0 Å². The van der Waals surface area contributed by atoms with Crippen LogP contribution in [0.3, 0.4) is 0 Å². The molecule has 7 nitrogen and oxygen atoms in total. The second-order valence-corrected chi connectivity index (χ2v) is 5.46. The molecule has 0 aromatic carbocycles. The van der Waals surface area contributed by atoms with Crippen molar-refractivity contribution in [3.63, 3.8) is 0 Å². The molecule has 2 aliphatic heterocycles. The molecule has 120 valence electrons. The maximum atomic E-state index is 11.7. The van der Waals surface area contributed by atoms with Gasteiger partial charge in [-0.25, -0.2) is 4.79 Å². The van der Waals surface area contributed by atoms with Gasteiger partial charge in [0.15, 0.2) is 12.1 Å². The lowest BCUT2D eigenvalue weighted by atomic mass is 10.0. The van der Waals surface area contributed by atoms with E-state index in [1.165, 1.54) is 7.11 Å². The first-order chi connectivity index (χ1) is 9.80. The van der Waals surface area contributed by atoms with E-state index in [0.29, 0.717) is 0 Å². The van der Waals surface area contributed by atoms with Crippen LogP contribution >= 0.6 is 0 Å². The van der Waals surface area contributed by atoms with E-state index in [1.807, 2.05) is 0 Å². The molecule has 0 aromatic rings. The van der Waals surface area contributed by atoms with E-state index in [4.69, 9.17) is 23.7 Å². The van der Waals surface area contributed by atoms with Gasteiger partial charge in [-0.15, -0.1) is 0 Å². The van der Waals surface area contributed by atoms with Gasteiger partial charge >= 0.3 is 5.97 Å². The van der Waals surface area contributed by atoms with Crippen LogP contribution in [0.25, 0.3) is 0 Å². The van der Waals surface area contributed by atoms with Gasteiger partial charge in [0.2, 0.25) is 0 Å². The monoisotopic (exact) mass is 302 g/mol. The number of hydrogen-bond acceptors (Lipinski definition) is 7. The number of esters is 1. The summed E-state index contributed by atoms with van der Waals surface area (Å²) >= 11 is 0. The Balaban J connectivity index is 2.12. The molecule has 21 heavy (non-hydrogen) atoms. The molecule has 0 unspecified atom stereocenters. The lowest BCUT2D eigenvalue weighted by molar-refractivity contribution is -0.234. The molecule has 5 atom stereocenters. The van der Waals surface area contributed by atoms with Gasteiger partial charge in [0.1, 0.15) is 24.4 Å². The smallest absolute Gasteiger partial charge is 0.336 e. The van der Waals surface area contributed by atoms with E-state index < -0.39 is 42.5 Å². The summed E-state index contributed by atoms with van der Waals surface area (Å²) in [6.45, 7) is 8.99. The Morgan fingerprint density at radius 2 is 2.00 bits per heavy atom. The van der Waals surface area contributed by atoms with Crippen molar-refractivity contribution < 1.29 is 33.6 Å². The molecule has 0 aromatic heterocycles. The lowest BCUT2D eigenvalue weighted by Gasteiger charge is -2.26. The van der Waals surface area contributed by atoms with Crippen LogP contribution in [0.1, 0.15) is 20.8 Å². The maximum Gasteiger partial charge on any atom is 0.336 e. The van der Waals surface area contributed by atoms with Crippen molar-refractivity contribution in [1.29, 1.82) is 0 Å². The van der Waals surface area contributed by atoms with Crippen LogP contribution < -0.4 is 0 Å². The number of aliphatic hydroxyl groups excluding tert-OH is 1. The van der Waals surface area contributed by atoms with Crippen LogP contribution in [0.15, 0.2) is 12.2 Å². The highest BCUT2D eigenvalue weighted by Gasteiger charge is 2.58. The predicted octanol–water partition coefficient (Wildman–Crippen LogP) is 0.358. The summed E-state index contributed by atoms with van der Waals surface area (Å²) in [4.78, 5) is 11.7. The Labute approximate surface area is 123 Å². The van der Waals surface area contributed by atoms with Crippen molar-refractivity contribution in [3.05, 3.63) is 12.2 Å². The third kappa shape index (κ3) is 3.12. The van der Waals surface area contributed by atoms with Gasteiger partial charge in [0.25, 0.3) is 0 Å². The van der Waals surface area contributed by atoms with E-state index in [-0.39, 0.29) is 12.2 Å². The molecule has 2 heterocycles. The fraction of sp³-hybridized carbons (Fsp3) is 0.786. The normalized spacial score (nSPS) is 35.3. The summed E-state index contributed by atoms with van der Waals surface area (Å²) < 4.78 is 27.1. The molecular formula is C14H22O7. The topological polar surface area (TPSA) is 83.5 Å². The van der Waals surface area contributed by atoms with Crippen molar-refractivity contribution in [2.24, 2.45) is 0 Å². The largest absolute Gasteiger partial charge is 0.463 e. The predicted molar refractivity (Wildman–Crippen MR) is 71.3 cm³/mol. The Bertz CT molecular complexity index is 420. The highest BCUT2D eigenvalue weighted by atomic mass is 16.8. The first-order valence-electron chi connectivity index (χ1n) is 6.88. The zero-order valence-electron chi connectivity index (χ0n) is 12.7. The van der Waals surface area contributed by atoms with E-state index in [9.17, 15) is 9.90 Å². The van der Waals surface area contributed by atoms with Crippen LogP contribution in [0.2, 0.25) is 0 Å².